The quantitative estimate of drug-likeness (QED) is 0.811. The summed E-state index contributed by atoms with van der Waals surface area (Å²) in [5.74, 6) is 0. The molecule has 0 spiro atoms. The first-order valence-corrected chi connectivity index (χ1v) is 5.73. The molecule has 1 aliphatic heterocycles. The molecule has 0 aromatic carbocycles. The van der Waals surface area contributed by atoms with Crippen LogP contribution < -0.4 is 5.73 Å². The minimum atomic E-state index is 0.576. The van der Waals surface area contributed by atoms with Gasteiger partial charge >= 0.3 is 0 Å². The Labute approximate surface area is 91.3 Å². The van der Waals surface area contributed by atoms with Crippen molar-refractivity contribution >= 4 is 0 Å². The second kappa shape index (κ2) is 5.24. The monoisotopic (exact) mass is 205 g/mol. The number of aromatic nitrogens is 1. The van der Waals surface area contributed by atoms with Crippen LogP contribution in [-0.4, -0.2) is 29.0 Å². The van der Waals surface area contributed by atoms with Gasteiger partial charge in [0.1, 0.15) is 0 Å². The molecule has 2 rings (SSSR count). The number of rotatable bonds is 3. The summed E-state index contributed by atoms with van der Waals surface area (Å²) in [4.78, 5) is 6.53. The van der Waals surface area contributed by atoms with Crippen molar-refractivity contribution in [3.63, 3.8) is 0 Å². The molecule has 2 N–H and O–H groups in total. The van der Waals surface area contributed by atoms with Gasteiger partial charge in [-0.05, 0) is 37.1 Å². The van der Waals surface area contributed by atoms with Gasteiger partial charge in [0, 0.05) is 31.5 Å². The second-order valence-corrected chi connectivity index (χ2v) is 4.21. The fraction of sp³-hybridized carbons (Fsp3) is 0.583. The lowest BCUT2D eigenvalue weighted by atomic mass is 10.0. The number of hydrogen-bond acceptors (Lipinski definition) is 3. The third kappa shape index (κ3) is 2.76. The van der Waals surface area contributed by atoms with Crippen molar-refractivity contribution < 1.29 is 0 Å². The summed E-state index contributed by atoms with van der Waals surface area (Å²) in [7, 11) is 0. The Morgan fingerprint density at radius 2 is 2.13 bits per heavy atom. The zero-order chi connectivity index (χ0) is 10.5. The van der Waals surface area contributed by atoms with Gasteiger partial charge in [-0.25, -0.2) is 0 Å². The summed E-state index contributed by atoms with van der Waals surface area (Å²) >= 11 is 0. The topological polar surface area (TPSA) is 42.1 Å². The summed E-state index contributed by atoms with van der Waals surface area (Å²) in [6, 6.07) is 4.75. The molecule has 3 heteroatoms. The van der Waals surface area contributed by atoms with Gasteiger partial charge < -0.3 is 5.73 Å². The van der Waals surface area contributed by atoms with Gasteiger partial charge in [0.25, 0.3) is 0 Å². The second-order valence-electron chi connectivity index (χ2n) is 4.21. The van der Waals surface area contributed by atoms with E-state index in [4.69, 9.17) is 5.73 Å². The van der Waals surface area contributed by atoms with Crippen molar-refractivity contribution in [2.24, 2.45) is 5.73 Å². The molecule has 0 bridgehead atoms. The third-order valence-electron chi connectivity index (χ3n) is 3.16. The number of piperidine rings is 1. The molecule has 0 saturated carbocycles. The number of likely N-dealkylation sites (tertiary alicyclic amines) is 1. The van der Waals surface area contributed by atoms with Gasteiger partial charge in [0.15, 0.2) is 0 Å². The molecular formula is C12H19N3. The fourth-order valence-corrected chi connectivity index (χ4v) is 2.26. The van der Waals surface area contributed by atoms with E-state index in [-0.39, 0.29) is 0 Å². The molecule has 1 saturated heterocycles. The van der Waals surface area contributed by atoms with Gasteiger partial charge in [0.2, 0.25) is 0 Å². The summed E-state index contributed by atoms with van der Waals surface area (Å²) < 4.78 is 0. The van der Waals surface area contributed by atoms with Crippen molar-refractivity contribution in [1.29, 1.82) is 0 Å². The van der Waals surface area contributed by atoms with Crippen molar-refractivity contribution in [3.05, 3.63) is 30.1 Å². The van der Waals surface area contributed by atoms with E-state index in [0.29, 0.717) is 6.04 Å². The Hall–Kier alpha value is -0.930. The van der Waals surface area contributed by atoms with E-state index in [1.165, 1.54) is 31.4 Å². The first-order chi connectivity index (χ1) is 7.40. The van der Waals surface area contributed by atoms with Crippen LogP contribution in [0.4, 0.5) is 0 Å². The molecule has 1 atom stereocenters. The Bertz CT molecular complexity index is 286. The molecule has 0 aliphatic carbocycles. The zero-order valence-electron chi connectivity index (χ0n) is 9.10. The van der Waals surface area contributed by atoms with Gasteiger partial charge in [-0.2, -0.15) is 0 Å². The van der Waals surface area contributed by atoms with Crippen LogP contribution in [0.3, 0.4) is 0 Å². The number of pyridine rings is 1. The predicted octanol–water partition coefficient (Wildman–Crippen LogP) is 1.39. The largest absolute Gasteiger partial charge is 0.329 e. The van der Waals surface area contributed by atoms with Crippen LogP contribution in [0, 0.1) is 0 Å². The van der Waals surface area contributed by atoms with Crippen LogP contribution in [-0.2, 0) is 6.54 Å². The van der Waals surface area contributed by atoms with Gasteiger partial charge in [0.05, 0.1) is 0 Å². The van der Waals surface area contributed by atoms with E-state index < -0.39 is 0 Å². The van der Waals surface area contributed by atoms with Crippen LogP contribution in [0.5, 0.6) is 0 Å². The SMILES string of the molecule is NC[C@@H]1CCCCN1Cc1ccncc1. The van der Waals surface area contributed by atoms with Crippen molar-refractivity contribution in [2.45, 2.75) is 31.8 Å². The highest BCUT2D eigenvalue weighted by Gasteiger charge is 2.20. The molecule has 1 aromatic heterocycles. The third-order valence-corrected chi connectivity index (χ3v) is 3.16. The minimum absolute atomic E-state index is 0.576. The molecule has 82 valence electrons. The van der Waals surface area contributed by atoms with Crippen LogP contribution in [0.25, 0.3) is 0 Å². The molecule has 15 heavy (non-hydrogen) atoms. The maximum absolute atomic E-state index is 5.79. The molecule has 3 nitrogen and oxygen atoms in total. The van der Waals surface area contributed by atoms with Crippen LogP contribution in [0.1, 0.15) is 24.8 Å². The highest BCUT2D eigenvalue weighted by Crippen LogP contribution is 2.18. The van der Waals surface area contributed by atoms with Gasteiger partial charge in [-0.1, -0.05) is 6.42 Å². The van der Waals surface area contributed by atoms with Crippen LogP contribution >= 0.6 is 0 Å². The Balaban J connectivity index is 1.97. The van der Waals surface area contributed by atoms with Gasteiger partial charge in [-0.3, -0.25) is 9.88 Å². The molecule has 1 aromatic rings. The predicted molar refractivity (Wildman–Crippen MR) is 61.3 cm³/mol. The van der Waals surface area contributed by atoms with Crippen molar-refractivity contribution in [2.75, 3.05) is 13.1 Å². The molecule has 1 fully saturated rings. The number of nitrogens with two attached hydrogens (primary N) is 1. The van der Waals surface area contributed by atoms with E-state index in [2.05, 4.69) is 22.0 Å². The molecule has 0 amide bonds. The maximum atomic E-state index is 5.79. The molecule has 1 aliphatic rings. The fourth-order valence-electron chi connectivity index (χ4n) is 2.26. The van der Waals surface area contributed by atoms with Crippen LogP contribution in [0.2, 0.25) is 0 Å². The van der Waals surface area contributed by atoms with Crippen LogP contribution in [0.15, 0.2) is 24.5 Å². The zero-order valence-corrected chi connectivity index (χ0v) is 9.10. The summed E-state index contributed by atoms with van der Waals surface area (Å²) in [5, 5.41) is 0. The summed E-state index contributed by atoms with van der Waals surface area (Å²) in [6.45, 7) is 2.99. The number of nitrogens with zero attached hydrogens (tertiary/aromatic N) is 2. The Morgan fingerprint density at radius 1 is 1.33 bits per heavy atom. The lowest BCUT2D eigenvalue weighted by Crippen LogP contribution is -2.43. The lowest BCUT2D eigenvalue weighted by Gasteiger charge is -2.34. The lowest BCUT2D eigenvalue weighted by molar-refractivity contribution is 0.145. The normalized spacial score (nSPS) is 22.9. The highest BCUT2D eigenvalue weighted by atomic mass is 15.2. The smallest absolute Gasteiger partial charge is 0.0271 e. The first-order valence-electron chi connectivity index (χ1n) is 5.73. The summed E-state index contributed by atoms with van der Waals surface area (Å²) in [5.41, 5.74) is 7.13. The summed E-state index contributed by atoms with van der Waals surface area (Å²) in [6.07, 6.45) is 7.60. The maximum Gasteiger partial charge on any atom is 0.0271 e. The number of hydrogen-bond donors (Lipinski definition) is 1. The molecule has 0 unspecified atom stereocenters. The molecular weight excluding hydrogens is 186 g/mol. The first kappa shape index (κ1) is 10.6. The van der Waals surface area contributed by atoms with E-state index in [9.17, 15) is 0 Å². The van der Waals surface area contributed by atoms with Gasteiger partial charge in [-0.15, -0.1) is 0 Å². The van der Waals surface area contributed by atoms with E-state index in [0.717, 1.165) is 13.1 Å². The van der Waals surface area contributed by atoms with E-state index >= 15 is 0 Å². The minimum Gasteiger partial charge on any atom is -0.329 e. The average molecular weight is 205 g/mol. The highest BCUT2D eigenvalue weighted by molar-refractivity contribution is 5.09. The van der Waals surface area contributed by atoms with E-state index in [1.54, 1.807) is 0 Å². The Morgan fingerprint density at radius 3 is 2.87 bits per heavy atom. The molecule has 2 heterocycles. The standard InChI is InChI=1S/C12H19N3/c13-9-12-3-1-2-8-15(12)10-11-4-6-14-7-5-11/h4-7,12H,1-3,8-10,13H2/t12-/m0/s1. The Kier molecular flexibility index (Phi) is 3.69. The van der Waals surface area contributed by atoms with Crippen molar-refractivity contribution in [3.8, 4) is 0 Å². The average Bonchev–Trinajstić information content (AvgIpc) is 2.31. The molecule has 0 radical (unpaired) electrons. The van der Waals surface area contributed by atoms with E-state index in [1.807, 2.05) is 12.4 Å². The van der Waals surface area contributed by atoms with Crippen molar-refractivity contribution in [1.82, 2.24) is 9.88 Å².